The first-order chi connectivity index (χ1) is 14.0. The molecule has 0 radical (unpaired) electrons. The lowest BCUT2D eigenvalue weighted by Gasteiger charge is -2.42. The highest BCUT2D eigenvalue weighted by molar-refractivity contribution is 5.27. The average Bonchev–Trinajstić information content (AvgIpc) is 3.12. The number of likely N-dealkylation sites (tertiary alicyclic amines) is 1. The summed E-state index contributed by atoms with van der Waals surface area (Å²) in [7, 11) is 1.99. The van der Waals surface area contributed by atoms with E-state index in [9.17, 15) is 0 Å². The summed E-state index contributed by atoms with van der Waals surface area (Å²) in [6.45, 7) is 15.5. The molecule has 0 spiro atoms. The quantitative estimate of drug-likeness (QED) is 0.434. The van der Waals surface area contributed by atoms with Gasteiger partial charge in [-0.1, -0.05) is 63.3 Å². The van der Waals surface area contributed by atoms with Gasteiger partial charge in [-0.3, -0.25) is 9.58 Å². The summed E-state index contributed by atoms with van der Waals surface area (Å²) in [6.07, 6.45) is 21.0. The molecule has 1 aliphatic rings. The minimum absolute atomic E-state index is 0.543. The van der Waals surface area contributed by atoms with E-state index in [0.717, 1.165) is 0 Å². The van der Waals surface area contributed by atoms with Crippen molar-refractivity contribution in [2.45, 2.75) is 72.8 Å². The van der Waals surface area contributed by atoms with Gasteiger partial charge in [0.1, 0.15) is 0 Å². The Kier molecular flexibility index (Phi) is 12.3. The number of hydrogen-bond acceptors (Lipinski definition) is 2. The molecule has 2 heterocycles. The van der Waals surface area contributed by atoms with Crippen LogP contribution in [0.25, 0.3) is 0 Å². The van der Waals surface area contributed by atoms with Gasteiger partial charge in [-0.05, 0) is 76.6 Å². The maximum absolute atomic E-state index is 4.10. The highest BCUT2D eigenvalue weighted by Gasteiger charge is 2.30. The lowest BCUT2D eigenvalue weighted by atomic mass is 9.86. The topological polar surface area (TPSA) is 21.1 Å². The summed E-state index contributed by atoms with van der Waals surface area (Å²) in [5.41, 5.74) is 2.78. The molecular formula is C26H43N3. The van der Waals surface area contributed by atoms with Crippen molar-refractivity contribution >= 4 is 0 Å². The maximum atomic E-state index is 4.10. The molecule has 162 valence electrons. The Balaban J connectivity index is 0.000000352. The number of aromatic nitrogens is 2. The second-order valence-corrected chi connectivity index (χ2v) is 7.79. The van der Waals surface area contributed by atoms with Crippen molar-refractivity contribution in [3.05, 3.63) is 66.1 Å². The number of nitrogens with zero attached hydrogens (tertiary/aromatic N) is 3. The van der Waals surface area contributed by atoms with Gasteiger partial charge in [0, 0.05) is 25.0 Å². The first-order valence-electron chi connectivity index (χ1n) is 11.3. The SMILES string of the molecule is C/C=C\C=C/C(CC)C(C(/C=C\C)=C/C)N1CCC1.CCC(C)c1ccnn1C. The lowest BCUT2D eigenvalue weighted by molar-refractivity contribution is 0.113. The van der Waals surface area contributed by atoms with Gasteiger partial charge in [0.2, 0.25) is 0 Å². The molecular weight excluding hydrogens is 354 g/mol. The second kappa shape index (κ2) is 14.2. The molecule has 3 atom stereocenters. The summed E-state index contributed by atoms with van der Waals surface area (Å²) in [6, 6.07) is 2.62. The molecule has 0 aliphatic carbocycles. The molecule has 0 bridgehead atoms. The van der Waals surface area contributed by atoms with Crippen molar-refractivity contribution < 1.29 is 0 Å². The Morgan fingerprint density at radius 3 is 2.24 bits per heavy atom. The third kappa shape index (κ3) is 7.81. The van der Waals surface area contributed by atoms with Crippen LogP contribution in [0.2, 0.25) is 0 Å². The van der Waals surface area contributed by atoms with E-state index in [1.165, 1.54) is 43.6 Å². The van der Waals surface area contributed by atoms with Crippen molar-refractivity contribution in [2.75, 3.05) is 13.1 Å². The molecule has 1 aliphatic heterocycles. The minimum atomic E-state index is 0.543. The Bertz CT molecular complexity index is 674. The zero-order valence-electron chi connectivity index (χ0n) is 19.8. The first kappa shape index (κ1) is 25.2. The van der Waals surface area contributed by atoms with Crippen LogP contribution in [0, 0.1) is 5.92 Å². The third-order valence-corrected chi connectivity index (χ3v) is 5.83. The summed E-state index contributed by atoms with van der Waals surface area (Å²) in [5.74, 6) is 1.23. The van der Waals surface area contributed by atoms with E-state index in [-0.39, 0.29) is 0 Å². The van der Waals surface area contributed by atoms with Gasteiger partial charge >= 0.3 is 0 Å². The maximum Gasteiger partial charge on any atom is 0.0492 e. The van der Waals surface area contributed by atoms with Gasteiger partial charge in [-0.15, -0.1) is 0 Å². The van der Waals surface area contributed by atoms with E-state index in [2.05, 4.69) is 100 Å². The van der Waals surface area contributed by atoms with Crippen molar-refractivity contribution in [3.63, 3.8) is 0 Å². The molecule has 3 heteroatoms. The summed E-state index contributed by atoms with van der Waals surface area (Å²) in [5, 5.41) is 4.10. The second-order valence-electron chi connectivity index (χ2n) is 7.79. The Hall–Kier alpha value is -1.87. The smallest absolute Gasteiger partial charge is 0.0492 e. The number of hydrogen-bond donors (Lipinski definition) is 0. The number of aryl methyl sites for hydroxylation is 1. The van der Waals surface area contributed by atoms with Crippen molar-refractivity contribution in [1.82, 2.24) is 14.7 Å². The van der Waals surface area contributed by atoms with Gasteiger partial charge in [-0.25, -0.2) is 0 Å². The van der Waals surface area contributed by atoms with Crippen molar-refractivity contribution in [3.8, 4) is 0 Å². The molecule has 0 aromatic carbocycles. The standard InChI is InChI=1S/C18H29N.C8H14N2/c1-5-9-10-13-17(8-4)18(19-14-11-15-19)16(7-3)12-6-2;1-4-7(2)8-5-6-9-10(8)3/h5-7,9-10,12-13,17-18H,8,11,14-15H2,1-4H3;5-7H,4H2,1-3H3/b9-5-,12-6-,13-10-,16-7+;. The molecule has 0 saturated carbocycles. The molecule has 0 amide bonds. The Morgan fingerprint density at radius 2 is 1.83 bits per heavy atom. The third-order valence-electron chi connectivity index (χ3n) is 5.83. The summed E-state index contributed by atoms with van der Waals surface area (Å²) in [4.78, 5) is 2.61. The fourth-order valence-corrected chi connectivity index (χ4v) is 3.76. The van der Waals surface area contributed by atoms with Crippen LogP contribution in [0.1, 0.15) is 72.4 Å². The largest absolute Gasteiger partial charge is 0.296 e. The van der Waals surface area contributed by atoms with Crippen LogP contribution >= 0.6 is 0 Å². The van der Waals surface area contributed by atoms with Crippen LogP contribution in [-0.4, -0.2) is 33.8 Å². The summed E-state index contributed by atoms with van der Waals surface area (Å²) >= 11 is 0. The Labute approximate surface area is 179 Å². The fourth-order valence-electron chi connectivity index (χ4n) is 3.76. The molecule has 3 nitrogen and oxygen atoms in total. The minimum Gasteiger partial charge on any atom is -0.296 e. The highest BCUT2D eigenvalue weighted by Crippen LogP contribution is 2.28. The van der Waals surface area contributed by atoms with E-state index in [4.69, 9.17) is 0 Å². The van der Waals surface area contributed by atoms with Crippen LogP contribution in [-0.2, 0) is 7.05 Å². The van der Waals surface area contributed by atoms with Crippen molar-refractivity contribution in [2.24, 2.45) is 13.0 Å². The molecule has 0 N–H and O–H groups in total. The predicted molar refractivity (Wildman–Crippen MR) is 128 cm³/mol. The fraction of sp³-hybridized carbons (Fsp3) is 0.577. The van der Waals surface area contributed by atoms with Crippen LogP contribution in [0.4, 0.5) is 0 Å². The number of rotatable bonds is 9. The zero-order chi connectivity index (χ0) is 21.6. The van der Waals surface area contributed by atoms with E-state index in [1.807, 2.05) is 17.9 Å². The zero-order valence-corrected chi connectivity index (χ0v) is 19.8. The monoisotopic (exact) mass is 397 g/mol. The molecule has 2 rings (SSSR count). The molecule has 1 saturated heterocycles. The summed E-state index contributed by atoms with van der Waals surface area (Å²) < 4.78 is 1.94. The van der Waals surface area contributed by atoms with Gasteiger partial charge in [0.25, 0.3) is 0 Å². The van der Waals surface area contributed by atoms with Gasteiger partial charge in [-0.2, -0.15) is 5.10 Å². The molecule has 1 fully saturated rings. The van der Waals surface area contributed by atoms with E-state index in [0.29, 0.717) is 17.9 Å². The van der Waals surface area contributed by atoms with E-state index in [1.54, 1.807) is 0 Å². The van der Waals surface area contributed by atoms with Gasteiger partial charge in [0.05, 0.1) is 0 Å². The lowest BCUT2D eigenvalue weighted by Crippen LogP contribution is -2.49. The highest BCUT2D eigenvalue weighted by atomic mass is 15.3. The average molecular weight is 398 g/mol. The van der Waals surface area contributed by atoms with Crippen LogP contribution in [0.15, 0.2) is 60.4 Å². The molecule has 1 aromatic heterocycles. The van der Waals surface area contributed by atoms with Crippen LogP contribution < -0.4 is 0 Å². The van der Waals surface area contributed by atoms with Gasteiger partial charge in [0.15, 0.2) is 0 Å². The molecule has 29 heavy (non-hydrogen) atoms. The van der Waals surface area contributed by atoms with E-state index < -0.39 is 0 Å². The van der Waals surface area contributed by atoms with Gasteiger partial charge < -0.3 is 0 Å². The first-order valence-corrected chi connectivity index (χ1v) is 11.3. The molecule has 3 unspecified atom stereocenters. The Morgan fingerprint density at radius 1 is 1.10 bits per heavy atom. The number of allylic oxidation sites excluding steroid dienone is 5. The predicted octanol–water partition coefficient (Wildman–Crippen LogP) is 6.68. The molecule has 1 aromatic rings. The van der Waals surface area contributed by atoms with Crippen LogP contribution in [0.3, 0.4) is 0 Å². The van der Waals surface area contributed by atoms with Crippen molar-refractivity contribution in [1.29, 1.82) is 0 Å². The normalized spacial score (nSPS) is 18.7. The van der Waals surface area contributed by atoms with E-state index >= 15 is 0 Å². The van der Waals surface area contributed by atoms with Crippen LogP contribution in [0.5, 0.6) is 0 Å².